The second-order valence-electron chi connectivity index (χ2n) is 7.52. The molecule has 2 aromatic rings. The molecule has 1 amide bonds. The Morgan fingerprint density at radius 3 is 2.70 bits per heavy atom. The number of carbonyl (C=O) groups excluding carboxylic acids is 1. The number of nitrogens with two attached hydrogens (primary N) is 1. The van der Waals surface area contributed by atoms with E-state index in [0.717, 1.165) is 29.2 Å². The minimum Gasteiger partial charge on any atom is -0.494 e. The Kier molecular flexibility index (Phi) is 7.25. The summed E-state index contributed by atoms with van der Waals surface area (Å²) >= 11 is 1.50. The fourth-order valence-corrected chi connectivity index (χ4v) is 3.93. The maximum Gasteiger partial charge on any atom is 0.273 e. The molecule has 0 radical (unpaired) electrons. The van der Waals surface area contributed by atoms with Crippen LogP contribution < -0.4 is 10.5 Å². The summed E-state index contributed by atoms with van der Waals surface area (Å²) in [4.78, 5) is 19.3. The average Bonchev–Trinajstić information content (AvgIpc) is 3.12. The molecule has 1 unspecified atom stereocenters. The smallest absolute Gasteiger partial charge is 0.273 e. The number of hydrogen-bond donors (Lipinski definition) is 1. The molecule has 1 fully saturated rings. The van der Waals surface area contributed by atoms with Gasteiger partial charge in [-0.2, -0.15) is 0 Å². The number of thiazole rings is 1. The van der Waals surface area contributed by atoms with Crippen molar-refractivity contribution in [3.05, 3.63) is 35.3 Å². The van der Waals surface area contributed by atoms with Crippen molar-refractivity contribution in [3.8, 4) is 16.3 Å². The lowest BCUT2D eigenvalue weighted by molar-refractivity contribution is 0.0528. The first-order valence-corrected chi connectivity index (χ1v) is 10.0. The minimum atomic E-state index is -0.0684. The van der Waals surface area contributed by atoms with Crippen molar-refractivity contribution in [2.75, 3.05) is 19.7 Å². The van der Waals surface area contributed by atoms with Crippen molar-refractivity contribution in [2.24, 2.45) is 11.1 Å². The van der Waals surface area contributed by atoms with E-state index in [1.807, 2.05) is 34.5 Å². The molecule has 3 rings (SSSR count). The topological polar surface area (TPSA) is 68.5 Å². The van der Waals surface area contributed by atoms with Gasteiger partial charge in [-0.15, -0.1) is 23.7 Å². The lowest BCUT2D eigenvalue weighted by Crippen LogP contribution is -2.54. The predicted octanol–water partition coefficient (Wildman–Crippen LogP) is 4.22. The summed E-state index contributed by atoms with van der Waals surface area (Å²) in [5.74, 6) is 0.853. The molecule has 1 aromatic heterocycles. The normalized spacial score (nSPS) is 18.7. The van der Waals surface area contributed by atoms with Crippen molar-refractivity contribution in [3.63, 3.8) is 0 Å². The van der Waals surface area contributed by atoms with Crippen LogP contribution in [0.4, 0.5) is 0 Å². The number of carbonyl (C=O) groups is 1. The molecule has 0 spiro atoms. The monoisotopic (exact) mass is 409 g/mol. The van der Waals surface area contributed by atoms with E-state index in [2.05, 4.69) is 25.8 Å². The summed E-state index contributed by atoms with van der Waals surface area (Å²) in [7, 11) is 0. The van der Waals surface area contributed by atoms with Gasteiger partial charge in [0.2, 0.25) is 0 Å². The highest BCUT2D eigenvalue weighted by molar-refractivity contribution is 7.13. The van der Waals surface area contributed by atoms with Crippen LogP contribution in [0, 0.1) is 5.41 Å². The summed E-state index contributed by atoms with van der Waals surface area (Å²) < 4.78 is 5.61. The van der Waals surface area contributed by atoms with E-state index in [9.17, 15) is 4.79 Å². The highest BCUT2D eigenvalue weighted by Gasteiger charge is 2.36. The van der Waals surface area contributed by atoms with Gasteiger partial charge in [-0.1, -0.05) is 20.8 Å². The van der Waals surface area contributed by atoms with E-state index in [-0.39, 0.29) is 29.8 Å². The summed E-state index contributed by atoms with van der Waals surface area (Å²) in [5, 5.41) is 2.70. The summed E-state index contributed by atoms with van der Waals surface area (Å²) in [6.45, 7) is 8.39. The Bertz CT molecular complexity index is 761. The Labute approximate surface area is 171 Å². The lowest BCUT2D eigenvalue weighted by atomic mass is 9.79. The number of benzene rings is 1. The number of rotatable bonds is 5. The largest absolute Gasteiger partial charge is 0.494 e. The van der Waals surface area contributed by atoms with Gasteiger partial charge in [0.25, 0.3) is 5.91 Å². The Balaban J connectivity index is 0.00000261. The van der Waals surface area contributed by atoms with Crippen molar-refractivity contribution in [1.29, 1.82) is 0 Å². The average molecular weight is 410 g/mol. The molecule has 7 heteroatoms. The SMILES string of the molecule is CCCOc1ccc(-c2nc(C(=O)N3CCC(N)C(C)(C)C3)cs2)cc1.Cl. The maximum atomic E-state index is 12.8. The molecular weight excluding hydrogens is 382 g/mol. The highest BCUT2D eigenvalue weighted by atomic mass is 35.5. The van der Waals surface area contributed by atoms with Gasteiger partial charge in [0.05, 0.1) is 6.61 Å². The second kappa shape index (κ2) is 9.04. The van der Waals surface area contributed by atoms with Gasteiger partial charge < -0.3 is 15.4 Å². The van der Waals surface area contributed by atoms with E-state index >= 15 is 0 Å². The summed E-state index contributed by atoms with van der Waals surface area (Å²) in [6.07, 6.45) is 1.81. The van der Waals surface area contributed by atoms with Gasteiger partial charge in [0.15, 0.2) is 0 Å². The predicted molar refractivity (Wildman–Crippen MR) is 113 cm³/mol. The third-order valence-electron chi connectivity index (χ3n) is 4.90. The molecule has 2 N–H and O–H groups in total. The van der Waals surface area contributed by atoms with Gasteiger partial charge in [0, 0.05) is 30.1 Å². The van der Waals surface area contributed by atoms with Gasteiger partial charge in [-0.3, -0.25) is 4.79 Å². The molecule has 27 heavy (non-hydrogen) atoms. The zero-order chi connectivity index (χ0) is 18.7. The molecule has 5 nitrogen and oxygen atoms in total. The van der Waals surface area contributed by atoms with Gasteiger partial charge in [0.1, 0.15) is 16.5 Å². The molecular formula is C20H28ClN3O2S. The van der Waals surface area contributed by atoms with Gasteiger partial charge in [-0.25, -0.2) is 4.98 Å². The Morgan fingerprint density at radius 2 is 2.07 bits per heavy atom. The molecule has 0 aliphatic carbocycles. The molecule has 0 saturated carbocycles. The fourth-order valence-electron chi connectivity index (χ4n) is 3.13. The number of amides is 1. The lowest BCUT2D eigenvalue weighted by Gasteiger charge is -2.42. The zero-order valence-electron chi connectivity index (χ0n) is 16.1. The number of aromatic nitrogens is 1. The minimum absolute atomic E-state index is 0. The molecule has 1 saturated heterocycles. The quantitative estimate of drug-likeness (QED) is 0.802. The first-order chi connectivity index (χ1) is 12.4. The Morgan fingerprint density at radius 1 is 1.37 bits per heavy atom. The van der Waals surface area contributed by atoms with Crippen molar-refractivity contribution in [1.82, 2.24) is 9.88 Å². The van der Waals surface area contributed by atoms with Crippen molar-refractivity contribution >= 4 is 29.7 Å². The molecule has 1 aromatic carbocycles. The van der Waals surface area contributed by atoms with Crippen LogP contribution in [-0.2, 0) is 0 Å². The number of piperidine rings is 1. The van der Waals surface area contributed by atoms with Gasteiger partial charge in [-0.05, 0) is 42.5 Å². The number of hydrogen-bond acceptors (Lipinski definition) is 5. The van der Waals surface area contributed by atoms with E-state index in [4.69, 9.17) is 10.5 Å². The second-order valence-corrected chi connectivity index (χ2v) is 8.38. The van der Waals surface area contributed by atoms with E-state index in [0.29, 0.717) is 25.4 Å². The van der Waals surface area contributed by atoms with E-state index < -0.39 is 0 Å². The molecule has 0 bridgehead atoms. The molecule has 1 aliphatic heterocycles. The molecule has 148 valence electrons. The molecule has 1 aliphatic rings. The fraction of sp³-hybridized carbons (Fsp3) is 0.500. The number of nitrogens with zero attached hydrogens (tertiary/aromatic N) is 2. The van der Waals surface area contributed by atoms with Crippen LogP contribution in [-0.4, -0.2) is 41.5 Å². The maximum absolute atomic E-state index is 12.8. The molecule has 1 atom stereocenters. The number of likely N-dealkylation sites (tertiary alicyclic amines) is 1. The van der Waals surface area contributed by atoms with Crippen LogP contribution in [0.2, 0.25) is 0 Å². The number of halogens is 1. The van der Waals surface area contributed by atoms with E-state index in [1.54, 1.807) is 0 Å². The van der Waals surface area contributed by atoms with E-state index in [1.165, 1.54) is 11.3 Å². The van der Waals surface area contributed by atoms with Crippen molar-refractivity contribution in [2.45, 2.75) is 39.7 Å². The van der Waals surface area contributed by atoms with Gasteiger partial charge >= 0.3 is 0 Å². The van der Waals surface area contributed by atoms with Crippen LogP contribution in [0.15, 0.2) is 29.6 Å². The molecule has 2 heterocycles. The number of ether oxygens (including phenoxy) is 1. The Hall–Kier alpha value is -1.63. The van der Waals surface area contributed by atoms with Crippen LogP contribution in [0.1, 0.15) is 44.1 Å². The zero-order valence-corrected chi connectivity index (χ0v) is 17.7. The third-order valence-corrected chi connectivity index (χ3v) is 5.79. The first-order valence-electron chi connectivity index (χ1n) is 9.14. The van der Waals surface area contributed by atoms with Crippen molar-refractivity contribution < 1.29 is 9.53 Å². The highest BCUT2D eigenvalue weighted by Crippen LogP contribution is 2.30. The standard InChI is InChI=1S/C20H27N3O2S.ClH/c1-4-11-25-15-7-5-14(6-8-15)18-22-16(12-26-18)19(24)23-10-9-17(21)20(2,3)13-23;/h5-8,12,17H,4,9-11,13,21H2,1-3H3;1H. The summed E-state index contributed by atoms with van der Waals surface area (Å²) in [6, 6.07) is 8.00. The van der Waals surface area contributed by atoms with Crippen LogP contribution in [0.25, 0.3) is 10.6 Å². The third kappa shape index (κ3) is 5.00. The van der Waals surface area contributed by atoms with Crippen LogP contribution in [0.5, 0.6) is 5.75 Å². The van der Waals surface area contributed by atoms with Crippen LogP contribution in [0.3, 0.4) is 0 Å². The summed E-state index contributed by atoms with van der Waals surface area (Å²) in [5.41, 5.74) is 7.62. The first kappa shape index (κ1) is 21.7. The van der Waals surface area contributed by atoms with Crippen LogP contribution >= 0.6 is 23.7 Å².